The molecule has 1 saturated heterocycles. The molecule has 126 valence electrons. The fraction of sp³-hybridized carbons (Fsp3) is 0.188. The maximum Gasteiger partial charge on any atom is 0.261 e. The summed E-state index contributed by atoms with van der Waals surface area (Å²) in [7, 11) is -3.70. The van der Waals surface area contributed by atoms with E-state index in [4.69, 9.17) is 0 Å². The second kappa shape index (κ2) is 6.85. The van der Waals surface area contributed by atoms with E-state index in [0.717, 1.165) is 21.1 Å². The molecule has 2 aromatic carbocycles. The number of nitrogens with one attached hydrogen (secondary N) is 1. The lowest BCUT2D eigenvalue weighted by Crippen LogP contribution is -2.23. The maximum absolute atomic E-state index is 12.5. The highest BCUT2D eigenvalue weighted by atomic mass is 79.9. The van der Waals surface area contributed by atoms with Crippen molar-refractivity contribution in [2.24, 2.45) is 0 Å². The van der Waals surface area contributed by atoms with Gasteiger partial charge in [-0.25, -0.2) is 8.42 Å². The number of hydrogen-bond acceptors (Lipinski definition) is 3. The van der Waals surface area contributed by atoms with Crippen LogP contribution in [0.3, 0.4) is 0 Å². The summed E-state index contributed by atoms with van der Waals surface area (Å²) in [6.45, 7) is 0.676. The van der Waals surface area contributed by atoms with Gasteiger partial charge in [-0.05, 0) is 48.9 Å². The van der Waals surface area contributed by atoms with Gasteiger partial charge in [0, 0.05) is 27.6 Å². The molecule has 0 radical (unpaired) electrons. The van der Waals surface area contributed by atoms with Crippen molar-refractivity contribution in [3.8, 4) is 0 Å². The van der Waals surface area contributed by atoms with E-state index in [-0.39, 0.29) is 10.8 Å². The summed E-state index contributed by atoms with van der Waals surface area (Å²) >= 11 is 6.65. The van der Waals surface area contributed by atoms with Gasteiger partial charge in [0.05, 0.1) is 10.6 Å². The summed E-state index contributed by atoms with van der Waals surface area (Å²) in [6.07, 6.45) is 1.37. The molecule has 0 saturated carbocycles. The molecule has 1 fully saturated rings. The fourth-order valence-corrected chi connectivity index (χ4v) is 4.89. The largest absolute Gasteiger partial charge is 0.312 e. The lowest BCUT2D eigenvalue weighted by molar-refractivity contribution is -0.117. The summed E-state index contributed by atoms with van der Waals surface area (Å²) in [5.41, 5.74) is 1.18. The molecule has 0 spiro atoms. The van der Waals surface area contributed by atoms with E-state index >= 15 is 0 Å². The van der Waals surface area contributed by atoms with Crippen LogP contribution in [0, 0.1) is 0 Å². The van der Waals surface area contributed by atoms with Gasteiger partial charge in [-0.15, -0.1) is 0 Å². The van der Waals surface area contributed by atoms with Gasteiger partial charge < -0.3 is 4.90 Å². The molecule has 0 unspecified atom stereocenters. The number of anilines is 2. The third kappa shape index (κ3) is 3.81. The Balaban J connectivity index is 1.83. The Morgan fingerprint density at radius 3 is 2.17 bits per heavy atom. The van der Waals surface area contributed by atoms with Crippen molar-refractivity contribution in [3.05, 3.63) is 51.4 Å². The van der Waals surface area contributed by atoms with E-state index in [1.54, 1.807) is 29.2 Å². The lowest BCUT2D eigenvalue weighted by atomic mass is 10.3. The van der Waals surface area contributed by atoms with Gasteiger partial charge in [0.2, 0.25) is 5.91 Å². The molecule has 5 nitrogen and oxygen atoms in total. The van der Waals surface area contributed by atoms with Gasteiger partial charge >= 0.3 is 0 Å². The van der Waals surface area contributed by atoms with Gasteiger partial charge in [-0.1, -0.05) is 31.9 Å². The summed E-state index contributed by atoms with van der Waals surface area (Å²) in [5, 5.41) is 0. The number of benzene rings is 2. The summed E-state index contributed by atoms with van der Waals surface area (Å²) in [6, 6.07) is 11.5. The Morgan fingerprint density at radius 2 is 1.62 bits per heavy atom. The van der Waals surface area contributed by atoms with Gasteiger partial charge in [0.25, 0.3) is 10.0 Å². The van der Waals surface area contributed by atoms with Crippen molar-refractivity contribution in [2.75, 3.05) is 16.2 Å². The highest BCUT2D eigenvalue weighted by molar-refractivity contribution is 9.11. The predicted molar refractivity (Wildman–Crippen MR) is 101 cm³/mol. The van der Waals surface area contributed by atoms with Crippen LogP contribution in [0.5, 0.6) is 0 Å². The summed E-state index contributed by atoms with van der Waals surface area (Å²) in [5.74, 6) is 0.0720. The Bertz CT molecular complexity index is 862. The molecule has 1 heterocycles. The third-order valence-electron chi connectivity index (χ3n) is 3.65. The van der Waals surface area contributed by atoms with Gasteiger partial charge in [0.15, 0.2) is 0 Å². The first-order valence-corrected chi connectivity index (χ1v) is 10.3. The van der Waals surface area contributed by atoms with Crippen LogP contribution in [0.1, 0.15) is 12.8 Å². The molecule has 24 heavy (non-hydrogen) atoms. The van der Waals surface area contributed by atoms with Crippen LogP contribution in [0.15, 0.2) is 56.3 Å². The van der Waals surface area contributed by atoms with E-state index in [0.29, 0.717) is 18.7 Å². The first-order chi connectivity index (χ1) is 11.3. The SMILES string of the molecule is O=C1CCCN1c1ccc(S(=O)(=O)Nc2cc(Br)cc(Br)c2)cc1. The number of amides is 1. The predicted octanol–water partition coefficient (Wildman–Crippen LogP) is 4.14. The second-order valence-corrected chi connectivity index (χ2v) is 8.92. The molecule has 1 aliphatic rings. The van der Waals surface area contributed by atoms with E-state index in [1.807, 2.05) is 6.07 Å². The van der Waals surface area contributed by atoms with Crippen LogP contribution in [-0.2, 0) is 14.8 Å². The Morgan fingerprint density at radius 1 is 1.00 bits per heavy atom. The quantitative estimate of drug-likeness (QED) is 0.725. The molecule has 1 amide bonds. The number of carbonyl (C=O) groups is 1. The molecule has 1 N–H and O–H groups in total. The van der Waals surface area contributed by atoms with Gasteiger partial charge in [-0.3, -0.25) is 9.52 Å². The minimum Gasteiger partial charge on any atom is -0.312 e. The second-order valence-electron chi connectivity index (χ2n) is 5.41. The smallest absolute Gasteiger partial charge is 0.261 e. The molecule has 8 heteroatoms. The number of nitrogens with zero attached hydrogens (tertiary/aromatic N) is 1. The number of sulfonamides is 1. The first-order valence-electron chi connectivity index (χ1n) is 7.24. The van der Waals surface area contributed by atoms with Crippen molar-refractivity contribution in [1.29, 1.82) is 0 Å². The number of halogens is 2. The summed E-state index contributed by atoms with van der Waals surface area (Å²) in [4.78, 5) is 13.6. The lowest BCUT2D eigenvalue weighted by Gasteiger charge is -2.16. The van der Waals surface area contributed by atoms with Crippen molar-refractivity contribution in [1.82, 2.24) is 0 Å². The Hall–Kier alpha value is -1.38. The molecule has 0 aromatic heterocycles. The minimum atomic E-state index is -3.70. The van der Waals surface area contributed by atoms with Crippen LogP contribution in [0.25, 0.3) is 0 Å². The van der Waals surface area contributed by atoms with Crippen molar-refractivity contribution in [2.45, 2.75) is 17.7 Å². The normalized spacial score (nSPS) is 14.9. The molecule has 0 bridgehead atoms. The monoisotopic (exact) mass is 472 g/mol. The summed E-state index contributed by atoms with van der Waals surface area (Å²) < 4.78 is 29.1. The highest BCUT2D eigenvalue weighted by Crippen LogP contribution is 2.27. The first kappa shape index (κ1) is 17.4. The highest BCUT2D eigenvalue weighted by Gasteiger charge is 2.22. The number of carbonyl (C=O) groups excluding carboxylic acids is 1. The van der Waals surface area contributed by atoms with E-state index in [2.05, 4.69) is 36.6 Å². The zero-order chi connectivity index (χ0) is 17.3. The zero-order valence-electron chi connectivity index (χ0n) is 12.5. The van der Waals surface area contributed by atoms with Crippen LogP contribution < -0.4 is 9.62 Å². The van der Waals surface area contributed by atoms with Crippen LogP contribution in [0.2, 0.25) is 0 Å². The van der Waals surface area contributed by atoms with Crippen LogP contribution in [-0.4, -0.2) is 20.9 Å². The van der Waals surface area contributed by atoms with E-state index < -0.39 is 10.0 Å². The minimum absolute atomic E-state index is 0.0720. The number of rotatable bonds is 4. The Kier molecular flexibility index (Phi) is 4.98. The van der Waals surface area contributed by atoms with Gasteiger partial charge in [0.1, 0.15) is 0 Å². The third-order valence-corrected chi connectivity index (χ3v) is 5.96. The number of hydrogen-bond donors (Lipinski definition) is 1. The van der Waals surface area contributed by atoms with E-state index in [1.165, 1.54) is 12.1 Å². The average molecular weight is 474 g/mol. The van der Waals surface area contributed by atoms with Crippen LogP contribution in [0.4, 0.5) is 11.4 Å². The maximum atomic E-state index is 12.5. The van der Waals surface area contributed by atoms with Gasteiger partial charge in [-0.2, -0.15) is 0 Å². The molecule has 1 aliphatic heterocycles. The van der Waals surface area contributed by atoms with E-state index in [9.17, 15) is 13.2 Å². The average Bonchev–Trinajstić information content (AvgIpc) is 2.92. The molecule has 3 rings (SSSR count). The molecule has 0 atom stereocenters. The van der Waals surface area contributed by atoms with Crippen molar-refractivity contribution < 1.29 is 13.2 Å². The molecule has 2 aromatic rings. The van der Waals surface area contributed by atoms with Crippen molar-refractivity contribution in [3.63, 3.8) is 0 Å². The molecular weight excluding hydrogens is 460 g/mol. The molecular formula is C16H14Br2N2O3S. The zero-order valence-corrected chi connectivity index (χ0v) is 16.5. The standard InChI is InChI=1S/C16H14Br2N2O3S/c17-11-8-12(18)10-13(9-11)19-24(22,23)15-5-3-14(4-6-15)20-7-1-2-16(20)21/h3-6,8-10,19H,1-2,7H2. The molecule has 0 aliphatic carbocycles. The van der Waals surface area contributed by atoms with Crippen molar-refractivity contribution >= 4 is 59.2 Å². The van der Waals surface area contributed by atoms with Crippen LogP contribution >= 0.6 is 31.9 Å². The Labute approximate surface area is 157 Å². The topological polar surface area (TPSA) is 66.5 Å². The fourth-order valence-electron chi connectivity index (χ4n) is 2.55.